The van der Waals surface area contributed by atoms with Crippen molar-refractivity contribution in [3.8, 4) is 0 Å². The largest absolute Gasteiger partial charge is 0.348 e. The molecule has 0 aromatic heterocycles. The van der Waals surface area contributed by atoms with Crippen LogP contribution in [-0.4, -0.2) is 42.9 Å². The number of carbonyl (C=O) groups excluding carboxylic acids is 1. The maximum absolute atomic E-state index is 11.7. The number of hydrogen-bond acceptors (Lipinski definition) is 3. The van der Waals surface area contributed by atoms with Crippen molar-refractivity contribution in [3.05, 3.63) is 34.3 Å². The second-order valence-electron chi connectivity index (χ2n) is 4.72. The predicted octanol–water partition coefficient (Wildman–Crippen LogP) is 1.71. The molecule has 0 radical (unpaired) electrons. The Kier molecular flexibility index (Phi) is 6.28. The van der Waals surface area contributed by atoms with E-state index in [9.17, 15) is 4.79 Å². The van der Waals surface area contributed by atoms with Gasteiger partial charge < -0.3 is 10.6 Å². The lowest BCUT2D eigenvalue weighted by Crippen LogP contribution is -2.36. The average Bonchev–Trinajstić information content (AvgIpc) is 2.39. The fraction of sp³-hybridized carbons (Fsp3) is 0.500. The van der Waals surface area contributed by atoms with Crippen molar-refractivity contribution in [2.45, 2.75) is 20.0 Å². The van der Waals surface area contributed by atoms with Crippen LogP contribution in [0.4, 0.5) is 0 Å². The number of carbonyl (C=O) groups is 1. The molecule has 2 N–H and O–H groups in total. The summed E-state index contributed by atoms with van der Waals surface area (Å²) in [5.74, 6) is 0.0940. The summed E-state index contributed by atoms with van der Waals surface area (Å²) in [4.78, 5) is 15.4. The van der Waals surface area contributed by atoms with E-state index in [0.717, 1.165) is 17.7 Å². The molecule has 1 amide bonds. The molecule has 0 heterocycles. The van der Waals surface area contributed by atoms with Gasteiger partial charge in [-0.05, 0) is 23.7 Å². The number of nitrogens with two attached hydrogens (primary N) is 1. The minimum atomic E-state index is 0.0940. The normalized spacial score (nSPS) is 10.8. The summed E-state index contributed by atoms with van der Waals surface area (Å²) in [7, 11) is 3.53. The molecule has 0 bridgehead atoms. The summed E-state index contributed by atoms with van der Waals surface area (Å²) in [6, 6.07) is 5.84. The predicted molar refractivity (Wildman–Crippen MR) is 79.0 cm³/mol. The van der Waals surface area contributed by atoms with E-state index in [2.05, 4.69) is 4.90 Å². The lowest BCUT2D eigenvalue weighted by molar-refractivity contribution is -0.130. The van der Waals surface area contributed by atoms with E-state index in [0.29, 0.717) is 24.7 Å². The molecule has 0 aliphatic rings. The van der Waals surface area contributed by atoms with E-state index >= 15 is 0 Å². The molecule has 0 aliphatic carbocycles. The molecule has 0 saturated heterocycles. The van der Waals surface area contributed by atoms with Crippen molar-refractivity contribution in [2.24, 2.45) is 5.73 Å². The Bertz CT molecular complexity index is 435. The lowest BCUT2D eigenvalue weighted by Gasteiger charge is -2.22. The van der Waals surface area contributed by atoms with Crippen LogP contribution in [0.25, 0.3) is 0 Å². The van der Waals surface area contributed by atoms with Crippen molar-refractivity contribution >= 4 is 17.5 Å². The highest BCUT2D eigenvalue weighted by atomic mass is 35.5. The third-order valence-electron chi connectivity index (χ3n) is 3.05. The molecule has 0 saturated carbocycles. The first-order valence-corrected chi connectivity index (χ1v) is 6.75. The van der Waals surface area contributed by atoms with Gasteiger partial charge in [-0.1, -0.05) is 30.7 Å². The number of amides is 1. The first-order valence-electron chi connectivity index (χ1n) is 6.37. The molecule has 5 heteroatoms. The van der Waals surface area contributed by atoms with E-state index < -0.39 is 0 Å². The Morgan fingerprint density at radius 2 is 2.05 bits per heavy atom. The van der Waals surface area contributed by atoms with Crippen molar-refractivity contribution in [1.29, 1.82) is 0 Å². The maximum atomic E-state index is 11.7. The zero-order valence-corrected chi connectivity index (χ0v) is 12.6. The van der Waals surface area contributed by atoms with Gasteiger partial charge in [-0.15, -0.1) is 0 Å². The highest BCUT2D eigenvalue weighted by Crippen LogP contribution is 2.19. The molecule has 4 nitrogen and oxygen atoms in total. The Morgan fingerprint density at radius 3 is 2.53 bits per heavy atom. The summed E-state index contributed by atoms with van der Waals surface area (Å²) < 4.78 is 0. The monoisotopic (exact) mass is 283 g/mol. The SMILES string of the molecule is CCN(CC(=O)N(C)C)Cc1ccc(CN)cc1Cl. The number of nitrogens with zero attached hydrogens (tertiary/aromatic N) is 2. The number of rotatable bonds is 6. The molecule has 0 unspecified atom stereocenters. The Hall–Kier alpha value is -1.10. The molecule has 19 heavy (non-hydrogen) atoms. The van der Waals surface area contributed by atoms with Gasteiger partial charge in [0.2, 0.25) is 5.91 Å². The zero-order valence-electron chi connectivity index (χ0n) is 11.8. The highest BCUT2D eigenvalue weighted by molar-refractivity contribution is 6.31. The number of halogens is 1. The van der Waals surface area contributed by atoms with E-state index in [4.69, 9.17) is 17.3 Å². The fourth-order valence-corrected chi connectivity index (χ4v) is 1.96. The molecular weight excluding hydrogens is 262 g/mol. The number of benzene rings is 1. The van der Waals surface area contributed by atoms with Crippen LogP contribution in [-0.2, 0) is 17.9 Å². The Morgan fingerprint density at radius 1 is 1.37 bits per heavy atom. The summed E-state index contributed by atoms with van der Waals surface area (Å²) in [6.07, 6.45) is 0. The van der Waals surface area contributed by atoms with Gasteiger partial charge in [0.25, 0.3) is 0 Å². The van der Waals surface area contributed by atoms with E-state index in [1.54, 1.807) is 19.0 Å². The van der Waals surface area contributed by atoms with Crippen LogP contribution in [0.5, 0.6) is 0 Å². The van der Waals surface area contributed by atoms with Gasteiger partial charge in [-0.25, -0.2) is 0 Å². The Labute approximate surface area is 120 Å². The van der Waals surface area contributed by atoms with Gasteiger partial charge in [-0.2, -0.15) is 0 Å². The summed E-state index contributed by atoms with van der Waals surface area (Å²) in [5.41, 5.74) is 7.61. The standard InChI is InChI=1S/C14H22ClN3O/c1-4-18(10-14(19)17(2)3)9-12-6-5-11(8-16)7-13(12)15/h5-7H,4,8-10,16H2,1-3H3. The first kappa shape index (κ1) is 16.0. The van der Waals surface area contributed by atoms with Gasteiger partial charge in [-0.3, -0.25) is 9.69 Å². The highest BCUT2D eigenvalue weighted by Gasteiger charge is 2.12. The van der Waals surface area contributed by atoms with Gasteiger partial charge in [0, 0.05) is 32.2 Å². The van der Waals surface area contributed by atoms with Crippen LogP contribution in [0.3, 0.4) is 0 Å². The van der Waals surface area contributed by atoms with E-state index in [1.807, 2.05) is 25.1 Å². The average molecular weight is 284 g/mol. The number of likely N-dealkylation sites (N-methyl/N-ethyl adjacent to an activating group) is 2. The van der Waals surface area contributed by atoms with Gasteiger partial charge in [0.05, 0.1) is 6.54 Å². The van der Waals surface area contributed by atoms with E-state index in [-0.39, 0.29) is 5.91 Å². The van der Waals surface area contributed by atoms with Gasteiger partial charge in [0.1, 0.15) is 0 Å². The molecule has 106 valence electrons. The molecule has 0 spiro atoms. The van der Waals surface area contributed by atoms with Gasteiger partial charge >= 0.3 is 0 Å². The molecule has 0 fully saturated rings. The molecule has 0 atom stereocenters. The Balaban J connectivity index is 2.73. The maximum Gasteiger partial charge on any atom is 0.236 e. The third-order valence-corrected chi connectivity index (χ3v) is 3.40. The summed E-state index contributed by atoms with van der Waals surface area (Å²) in [5, 5.41) is 0.707. The number of hydrogen-bond donors (Lipinski definition) is 1. The molecule has 1 aromatic carbocycles. The molecule has 1 rings (SSSR count). The minimum absolute atomic E-state index is 0.0940. The molecule has 1 aromatic rings. The van der Waals surface area contributed by atoms with Crippen LogP contribution < -0.4 is 5.73 Å². The second-order valence-corrected chi connectivity index (χ2v) is 5.13. The second kappa shape index (κ2) is 7.48. The molecule has 0 aliphatic heterocycles. The van der Waals surface area contributed by atoms with Crippen molar-refractivity contribution < 1.29 is 4.79 Å². The van der Waals surface area contributed by atoms with Crippen molar-refractivity contribution in [2.75, 3.05) is 27.2 Å². The van der Waals surface area contributed by atoms with Crippen LogP contribution in [0.2, 0.25) is 5.02 Å². The smallest absolute Gasteiger partial charge is 0.236 e. The first-order chi connectivity index (χ1) is 8.97. The quantitative estimate of drug-likeness (QED) is 0.865. The van der Waals surface area contributed by atoms with Crippen LogP contribution in [0, 0.1) is 0 Å². The lowest BCUT2D eigenvalue weighted by atomic mass is 10.1. The minimum Gasteiger partial charge on any atom is -0.348 e. The fourth-order valence-electron chi connectivity index (χ4n) is 1.70. The van der Waals surface area contributed by atoms with Gasteiger partial charge in [0.15, 0.2) is 0 Å². The molecular formula is C14H22ClN3O. The summed E-state index contributed by atoms with van der Waals surface area (Å²) >= 11 is 6.23. The van der Waals surface area contributed by atoms with Crippen LogP contribution in [0.15, 0.2) is 18.2 Å². The van der Waals surface area contributed by atoms with Crippen molar-refractivity contribution in [3.63, 3.8) is 0 Å². The van der Waals surface area contributed by atoms with Crippen LogP contribution in [0.1, 0.15) is 18.1 Å². The summed E-state index contributed by atoms with van der Waals surface area (Å²) in [6.45, 7) is 4.38. The van der Waals surface area contributed by atoms with E-state index in [1.165, 1.54) is 0 Å². The van der Waals surface area contributed by atoms with Crippen LogP contribution >= 0.6 is 11.6 Å². The van der Waals surface area contributed by atoms with Crippen molar-refractivity contribution in [1.82, 2.24) is 9.80 Å². The third kappa shape index (κ3) is 4.82. The topological polar surface area (TPSA) is 49.6 Å². The zero-order chi connectivity index (χ0) is 14.4.